The van der Waals surface area contributed by atoms with Gasteiger partial charge >= 0.3 is 0 Å². The molecule has 0 radical (unpaired) electrons. The first-order valence-corrected chi connectivity index (χ1v) is 6.35. The van der Waals surface area contributed by atoms with Crippen molar-refractivity contribution in [2.75, 3.05) is 12.4 Å². The molecular formula is C12H12F2N4S. The molecule has 2 heterocycles. The molecule has 7 heteroatoms. The molecule has 0 aromatic carbocycles. The highest BCUT2D eigenvalue weighted by Gasteiger charge is 2.14. The zero-order valence-corrected chi connectivity index (χ0v) is 11.5. The van der Waals surface area contributed by atoms with E-state index in [4.69, 9.17) is 0 Å². The predicted molar refractivity (Wildman–Crippen MR) is 69.3 cm³/mol. The minimum atomic E-state index is -0.732. The summed E-state index contributed by atoms with van der Waals surface area (Å²) in [4.78, 5) is 12.2. The molecule has 1 N–H and O–H groups in total. The molecule has 0 spiro atoms. The Morgan fingerprint density at radius 2 is 1.63 bits per heavy atom. The van der Waals surface area contributed by atoms with Crippen LogP contribution in [-0.2, 0) is 0 Å². The Morgan fingerprint density at radius 3 is 2.21 bits per heavy atom. The number of aryl methyl sites for hydroxylation is 2. The van der Waals surface area contributed by atoms with Gasteiger partial charge in [-0.15, -0.1) is 0 Å². The van der Waals surface area contributed by atoms with Gasteiger partial charge in [0.25, 0.3) is 0 Å². The number of nitrogens with one attached hydrogen (secondary N) is 1. The second kappa shape index (κ2) is 5.48. The van der Waals surface area contributed by atoms with Gasteiger partial charge in [0.15, 0.2) is 22.6 Å². The molecule has 0 saturated heterocycles. The maximum absolute atomic E-state index is 13.6. The predicted octanol–water partition coefficient (Wildman–Crippen LogP) is 2.96. The molecule has 4 nitrogen and oxygen atoms in total. The van der Waals surface area contributed by atoms with Crippen molar-refractivity contribution in [2.24, 2.45) is 0 Å². The highest BCUT2D eigenvalue weighted by molar-refractivity contribution is 7.99. The molecule has 0 saturated carbocycles. The van der Waals surface area contributed by atoms with Gasteiger partial charge in [0, 0.05) is 24.5 Å². The van der Waals surface area contributed by atoms with Crippen LogP contribution in [0.5, 0.6) is 0 Å². The molecule has 0 unspecified atom stereocenters. The zero-order valence-electron chi connectivity index (χ0n) is 10.7. The molecule has 0 bridgehead atoms. The van der Waals surface area contributed by atoms with Gasteiger partial charge in [0.05, 0.1) is 0 Å². The first kappa shape index (κ1) is 13.7. The maximum atomic E-state index is 13.6. The van der Waals surface area contributed by atoms with Gasteiger partial charge < -0.3 is 5.32 Å². The smallest absolute Gasteiger partial charge is 0.194 e. The average molecular weight is 282 g/mol. The minimum Gasteiger partial charge on any atom is -0.371 e. The topological polar surface area (TPSA) is 50.7 Å². The SMILES string of the molecule is CNc1nc(Sc2nc(C)cc(C)n2)c(F)cc1F. The lowest BCUT2D eigenvalue weighted by Gasteiger charge is -2.06. The Labute approximate surface area is 113 Å². The third kappa shape index (κ3) is 3.17. The van der Waals surface area contributed by atoms with E-state index in [0.29, 0.717) is 5.16 Å². The van der Waals surface area contributed by atoms with Crippen LogP contribution in [0.25, 0.3) is 0 Å². The normalized spacial score (nSPS) is 10.6. The Bertz CT molecular complexity index is 599. The number of halogens is 2. The van der Waals surface area contributed by atoms with Crippen LogP contribution < -0.4 is 5.32 Å². The van der Waals surface area contributed by atoms with Crippen molar-refractivity contribution in [1.29, 1.82) is 0 Å². The van der Waals surface area contributed by atoms with Gasteiger partial charge in [-0.1, -0.05) is 0 Å². The molecule has 0 aliphatic heterocycles. The van der Waals surface area contributed by atoms with Gasteiger partial charge in [-0.2, -0.15) is 0 Å². The first-order chi connectivity index (χ1) is 8.99. The Balaban J connectivity index is 2.37. The molecule has 2 rings (SSSR count). The quantitative estimate of drug-likeness (QED) is 0.877. The Morgan fingerprint density at radius 1 is 1.00 bits per heavy atom. The van der Waals surface area contributed by atoms with E-state index in [1.54, 1.807) is 0 Å². The van der Waals surface area contributed by atoms with Crippen molar-refractivity contribution < 1.29 is 8.78 Å². The molecule has 0 amide bonds. The summed E-state index contributed by atoms with van der Waals surface area (Å²) in [6.45, 7) is 3.65. The lowest BCUT2D eigenvalue weighted by Crippen LogP contribution is -2.01. The summed E-state index contributed by atoms with van der Waals surface area (Å²) in [7, 11) is 1.52. The van der Waals surface area contributed by atoms with E-state index in [0.717, 1.165) is 29.2 Å². The summed E-state index contributed by atoms with van der Waals surface area (Å²) >= 11 is 0.966. The molecule has 19 heavy (non-hydrogen) atoms. The molecule has 100 valence electrons. The summed E-state index contributed by atoms with van der Waals surface area (Å²) in [6.07, 6.45) is 0. The van der Waals surface area contributed by atoms with Crippen molar-refractivity contribution in [2.45, 2.75) is 24.0 Å². The van der Waals surface area contributed by atoms with E-state index in [1.165, 1.54) is 7.05 Å². The van der Waals surface area contributed by atoms with Gasteiger partial charge in [0.1, 0.15) is 5.03 Å². The molecule has 2 aromatic rings. The summed E-state index contributed by atoms with van der Waals surface area (Å²) in [5.74, 6) is -1.47. The lowest BCUT2D eigenvalue weighted by atomic mass is 10.4. The number of hydrogen-bond donors (Lipinski definition) is 1. The maximum Gasteiger partial charge on any atom is 0.194 e. The summed E-state index contributed by atoms with van der Waals surface area (Å²) in [6, 6.07) is 2.61. The zero-order chi connectivity index (χ0) is 14.0. The Kier molecular flexibility index (Phi) is 3.94. The van der Waals surface area contributed by atoms with Crippen LogP contribution in [0.15, 0.2) is 22.3 Å². The standard InChI is InChI=1S/C12H12F2N4S/c1-6-4-7(2)17-12(16-6)19-11-9(14)5-8(13)10(15-3)18-11/h4-5H,1-3H3,(H,15,18). The lowest BCUT2D eigenvalue weighted by molar-refractivity contribution is 0.551. The first-order valence-electron chi connectivity index (χ1n) is 5.53. The van der Waals surface area contributed by atoms with E-state index in [2.05, 4.69) is 20.3 Å². The van der Waals surface area contributed by atoms with Crippen LogP contribution in [0.1, 0.15) is 11.4 Å². The summed E-state index contributed by atoms with van der Waals surface area (Å²) in [5, 5.41) is 2.99. The number of nitrogens with zero attached hydrogens (tertiary/aromatic N) is 3. The minimum absolute atomic E-state index is 0.00623. The number of rotatable bonds is 3. The third-order valence-corrected chi connectivity index (χ3v) is 3.13. The van der Waals surface area contributed by atoms with E-state index in [1.807, 2.05) is 19.9 Å². The monoisotopic (exact) mass is 282 g/mol. The molecule has 0 atom stereocenters. The number of hydrogen-bond acceptors (Lipinski definition) is 5. The largest absolute Gasteiger partial charge is 0.371 e. The van der Waals surface area contributed by atoms with Crippen LogP contribution in [0.3, 0.4) is 0 Å². The average Bonchev–Trinajstić information content (AvgIpc) is 2.31. The number of pyridine rings is 1. The fourth-order valence-electron chi connectivity index (χ4n) is 1.52. The summed E-state index contributed by atoms with van der Waals surface area (Å²) < 4.78 is 26.9. The van der Waals surface area contributed by atoms with Crippen molar-refractivity contribution in [1.82, 2.24) is 15.0 Å². The van der Waals surface area contributed by atoms with Crippen LogP contribution in [0.4, 0.5) is 14.6 Å². The van der Waals surface area contributed by atoms with E-state index < -0.39 is 11.6 Å². The van der Waals surface area contributed by atoms with Gasteiger partial charge in [0.2, 0.25) is 0 Å². The molecule has 0 aliphatic carbocycles. The second-order valence-electron chi connectivity index (χ2n) is 3.89. The van der Waals surface area contributed by atoms with Crippen LogP contribution in [-0.4, -0.2) is 22.0 Å². The highest BCUT2D eigenvalue weighted by atomic mass is 32.2. The van der Waals surface area contributed by atoms with Crippen LogP contribution in [0.2, 0.25) is 0 Å². The van der Waals surface area contributed by atoms with E-state index >= 15 is 0 Å². The Hall–Kier alpha value is -1.76. The molecular weight excluding hydrogens is 270 g/mol. The number of anilines is 1. The van der Waals surface area contributed by atoms with Crippen molar-refractivity contribution >= 4 is 17.6 Å². The van der Waals surface area contributed by atoms with Crippen molar-refractivity contribution in [3.63, 3.8) is 0 Å². The number of aromatic nitrogens is 3. The van der Waals surface area contributed by atoms with E-state index in [-0.39, 0.29) is 10.8 Å². The third-order valence-electron chi connectivity index (χ3n) is 2.28. The van der Waals surface area contributed by atoms with Crippen molar-refractivity contribution in [3.05, 3.63) is 35.2 Å². The van der Waals surface area contributed by atoms with Crippen LogP contribution in [0, 0.1) is 25.5 Å². The fraction of sp³-hybridized carbons (Fsp3) is 0.250. The molecule has 0 fully saturated rings. The van der Waals surface area contributed by atoms with Crippen LogP contribution >= 0.6 is 11.8 Å². The van der Waals surface area contributed by atoms with Gasteiger partial charge in [-0.3, -0.25) is 0 Å². The fourth-order valence-corrected chi connectivity index (χ4v) is 2.37. The summed E-state index contributed by atoms with van der Waals surface area (Å²) in [5.41, 5.74) is 1.57. The van der Waals surface area contributed by atoms with E-state index in [9.17, 15) is 8.78 Å². The van der Waals surface area contributed by atoms with Gasteiger partial charge in [-0.25, -0.2) is 23.7 Å². The molecule has 0 aliphatic rings. The highest BCUT2D eigenvalue weighted by Crippen LogP contribution is 2.28. The van der Waals surface area contributed by atoms with Gasteiger partial charge in [-0.05, 0) is 31.7 Å². The molecule has 2 aromatic heterocycles. The van der Waals surface area contributed by atoms with Crippen molar-refractivity contribution in [3.8, 4) is 0 Å². The second-order valence-corrected chi connectivity index (χ2v) is 4.85.